The summed E-state index contributed by atoms with van der Waals surface area (Å²) in [6.07, 6.45) is -3.02. The molecule has 0 radical (unpaired) electrons. The van der Waals surface area contributed by atoms with Crippen LogP contribution in [0.2, 0.25) is 0 Å². The summed E-state index contributed by atoms with van der Waals surface area (Å²) in [5.74, 6) is 1.41. The van der Waals surface area contributed by atoms with E-state index in [1.165, 1.54) is 12.3 Å². The van der Waals surface area contributed by atoms with Crippen molar-refractivity contribution in [1.29, 1.82) is 0 Å². The summed E-state index contributed by atoms with van der Waals surface area (Å²) >= 11 is 0. The molecule has 146 valence electrons. The lowest BCUT2D eigenvalue weighted by Crippen LogP contribution is -2.06. The number of aromatic nitrogens is 2. The first-order valence-electron chi connectivity index (χ1n) is 8.58. The average molecular weight is 388 g/mol. The van der Waals surface area contributed by atoms with E-state index in [-0.39, 0.29) is 5.69 Å². The Morgan fingerprint density at radius 2 is 1.89 bits per heavy atom. The highest BCUT2D eigenvalue weighted by Crippen LogP contribution is 2.36. The molecule has 28 heavy (non-hydrogen) atoms. The average Bonchev–Trinajstić information content (AvgIpc) is 2.62. The summed E-state index contributed by atoms with van der Waals surface area (Å²) in [6.45, 7) is 4.04. The zero-order valence-corrected chi connectivity index (χ0v) is 15.3. The molecule has 2 heterocycles. The van der Waals surface area contributed by atoms with Gasteiger partial charge >= 0.3 is 6.18 Å². The van der Waals surface area contributed by atoms with Crippen LogP contribution < -0.4 is 15.8 Å². The maximum absolute atomic E-state index is 13.1. The van der Waals surface area contributed by atoms with Crippen LogP contribution in [0.1, 0.15) is 18.2 Å². The lowest BCUT2D eigenvalue weighted by molar-refractivity contribution is -0.137. The second-order valence-corrected chi connectivity index (χ2v) is 6.13. The van der Waals surface area contributed by atoms with Gasteiger partial charge in [-0.15, -0.1) is 0 Å². The molecule has 0 atom stereocenters. The number of nitrogen functional groups attached to an aromatic ring is 1. The van der Waals surface area contributed by atoms with Crippen molar-refractivity contribution in [2.45, 2.75) is 20.0 Å². The molecule has 2 aromatic heterocycles. The third-order valence-electron chi connectivity index (χ3n) is 3.90. The minimum atomic E-state index is -4.49. The van der Waals surface area contributed by atoms with Crippen LogP contribution >= 0.6 is 0 Å². The van der Waals surface area contributed by atoms with Gasteiger partial charge in [0.25, 0.3) is 0 Å². The van der Waals surface area contributed by atoms with Crippen molar-refractivity contribution in [1.82, 2.24) is 9.97 Å². The first-order valence-corrected chi connectivity index (χ1v) is 8.58. The molecule has 0 unspecified atom stereocenters. The number of aryl methyl sites for hydroxylation is 1. The normalized spacial score (nSPS) is 11.3. The molecule has 0 saturated heterocycles. The predicted molar refractivity (Wildman–Crippen MR) is 103 cm³/mol. The third-order valence-corrected chi connectivity index (χ3v) is 3.90. The van der Waals surface area contributed by atoms with E-state index in [2.05, 4.69) is 15.3 Å². The Hall–Kier alpha value is -3.29. The van der Waals surface area contributed by atoms with Gasteiger partial charge in [0.05, 0.1) is 12.2 Å². The Kier molecular flexibility index (Phi) is 5.39. The van der Waals surface area contributed by atoms with Crippen molar-refractivity contribution in [3.05, 3.63) is 59.9 Å². The number of anilines is 3. The van der Waals surface area contributed by atoms with Crippen molar-refractivity contribution in [3.63, 3.8) is 0 Å². The number of nitrogens with two attached hydrogens (primary N) is 1. The predicted octanol–water partition coefficient (Wildman–Crippen LogP) is 5.20. The molecule has 0 aliphatic heterocycles. The Morgan fingerprint density at radius 1 is 1.11 bits per heavy atom. The number of nitrogens with zero attached hydrogens (tertiary/aromatic N) is 2. The van der Waals surface area contributed by atoms with E-state index in [1.807, 2.05) is 26.0 Å². The number of pyridine rings is 2. The van der Waals surface area contributed by atoms with E-state index in [1.54, 1.807) is 12.1 Å². The van der Waals surface area contributed by atoms with Crippen LogP contribution in [-0.2, 0) is 6.18 Å². The molecule has 3 rings (SSSR count). The van der Waals surface area contributed by atoms with Gasteiger partial charge in [0.15, 0.2) is 11.6 Å². The van der Waals surface area contributed by atoms with Crippen molar-refractivity contribution in [3.8, 4) is 16.9 Å². The van der Waals surface area contributed by atoms with Gasteiger partial charge in [-0.1, -0.05) is 6.07 Å². The number of alkyl halides is 3. The summed E-state index contributed by atoms with van der Waals surface area (Å²) in [5.41, 5.74) is 6.47. The van der Waals surface area contributed by atoms with E-state index in [0.29, 0.717) is 35.1 Å². The van der Waals surface area contributed by atoms with E-state index < -0.39 is 11.7 Å². The fourth-order valence-corrected chi connectivity index (χ4v) is 2.68. The molecular weight excluding hydrogens is 369 g/mol. The number of ether oxygens (including phenoxy) is 1. The Bertz CT molecular complexity index is 989. The van der Waals surface area contributed by atoms with E-state index in [4.69, 9.17) is 10.5 Å². The maximum Gasteiger partial charge on any atom is 0.416 e. The van der Waals surface area contributed by atoms with Crippen molar-refractivity contribution < 1.29 is 17.9 Å². The van der Waals surface area contributed by atoms with E-state index in [0.717, 1.165) is 17.8 Å². The Labute approximate surface area is 160 Å². The molecule has 0 saturated carbocycles. The zero-order valence-electron chi connectivity index (χ0n) is 15.3. The van der Waals surface area contributed by atoms with Crippen LogP contribution in [0.5, 0.6) is 5.75 Å². The fraction of sp³-hybridized carbons (Fsp3) is 0.200. The molecule has 8 heteroatoms. The summed E-state index contributed by atoms with van der Waals surface area (Å²) in [4.78, 5) is 8.67. The first kappa shape index (κ1) is 19.5. The highest BCUT2D eigenvalue weighted by Gasteiger charge is 2.31. The SMILES string of the molecule is CCOc1cc(-c2cc(N)cc(C(F)(F)F)c2)cnc1Nc1cccc(C)n1. The molecule has 0 aliphatic carbocycles. The van der Waals surface area contributed by atoms with Gasteiger partial charge in [-0.25, -0.2) is 9.97 Å². The van der Waals surface area contributed by atoms with E-state index >= 15 is 0 Å². The molecule has 5 nitrogen and oxygen atoms in total. The highest BCUT2D eigenvalue weighted by molar-refractivity contribution is 5.72. The zero-order chi connectivity index (χ0) is 20.3. The molecule has 3 aromatic rings. The van der Waals surface area contributed by atoms with Gasteiger partial charge in [0.1, 0.15) is 5.82 Å². The van der Waals surface area contributed by atoms with Crippen LogP contribution in [0.3, 0.4) is 0 Å². The maximum atomic E-state index is 13.1. The Balaban J connectivity index is 2.00. The van der Waals surface area contributed by atoms with Crippen molar-refractivity contribution >= 4 is 17.3 Å². The molecule has 3 N–H and O–H groups in total. The summed E-state index contributed by atoms with van der Waals surface area (Å²) in [5, 5.41) is 3.07. The minimum Gasteiger partial charge on any atom is -0.490 e. The number of nitrogens with one attached hydrogen (secondary N) is 1. The topological polar surface area (TPSA) is 73.1 Å². The van der Waals surface area contributed by atoms with Crippen LogP contribution in [0.25, 0.3) is 11.1 Å². The van der Waals surface area contributed by atoms with Crippen molar-refractivity contribution in [2.75, 3.05) is 17.7 Å². The van der Waals surface area contributed by atoms with Gasteiger partial charge in [-0.05, 0) is 55.8 Å². The van der Waals surface area contributed by atoms with Gasteiger partial charge in [-0.3, -0.25) is 0 Å². The number of benzene rings is 1. The van der Waals surface area contributed by atoms with Crippen molar-refractivity contribution in [2.24, 2.45) is 0 Å². The largest absolute Gasteiger partial charge is 0.490 e. The minimum absolute atomic E-state index is 0.0222. The van der Waals surface area contributed by atoms with Gasteiger partial charge in [-0.2, -0.15) is 13.2 Å². The smallest absolute Gasteiger partial charge is 0.416 e. The second-order valence-electron chi connectivity index (χ2n) is 6.13. The number of hydrogen-bond donors (Lipinski definition) is 2. The number of hydrogen-bond acceptors (Lipinski definition) is 5. The van der Waals surface area contributed by atoms with Gasteiger partial charge in [0, 0.05) is 23.1 Å². The lowest BCUT2D eigenvalue weighted by atomic mass is 10.0. The number of halogens is 3. The van der Waals surface area contributed by atoms with Crippen LogP contribution in [0.4, 0.5) is 30.5 Å². The molecular formula is C20H19F3N4O. The Morgan fingerprint density at radius 3 is 2.57 bits per heavy atom. The summed E-state index contributed by atoms with van der Waals surface area (Å²) < 4.78 is 44.9. The standard InChI is InChI=1S/C20H19F3N4O/c1-3-28-17-9-14(13-7-15(20(21,22)23)10-16(24)8-13)11-25-19(17)27-18-6-4-5-12(2)26-18/h4-11H,3,24H2,1-2H3,(H,25,26,27). The molecule has 0 bridgehead atoms. The molecule has 0 fully saturated rings. The molecule has 0 amide bonds. The van der Waals surface area contributed by atoms with Gasteiger partial charge in [0.2, 0.25) is 0 Å². The van der Waals surface area contributed by atoms with Crippen LogP contribution in [-0.4, -0.2) is 16.6 Å². The molecule has 1 aromatic carbocycles. The molecule has 0 spiro atoms. The third kappa shape index (κ3) is 4.51. The van der Waals surface area contributed by atoms with Crippen LogP contribution in [0, 0.1) is 6.92 Å². The monoisotopic (exact) mass is 388 g/mol. The summed E-state index contributed by atoms with van der Waals surface area (Å²) in [7, 11) is 0. The highest BCUT2D eigenvalue weighted by atomic mass is 19.4. The van der Waals surface area contributed by atoms with Crippen LogP contribution in [0.15, 0.2) is 48.7 Å². The lowest BCUT2D eigenvalue weighted by Gasteiger charge is -2.14. The van der Waals surface area contributed by atoms with Gasteiger partial charge < -0.3 is 15.8 Å². The second kappa shape index (κ2) is 7.75. The molecule has 0 aliphatic rings. The number of rotatable bonds is 5. The van der Waals surface area contributed by atoms with E-state index in [9.17, 15) is 13.2 Å². The summed E-state index contributed by atoms with van der Waals surface area (Å²) in [6, 6.07) is 10.5. The quantitative estimate of drug-likeness (QED) is 0.588. The fourth-order valence-electron chi connectivity index (χ4n) is 2.68. The first-order chi connectivity index (χ1) is 13.3.